The second kappa shape index (κ2) is 5.60. The number of nitrogens with zero attached hydrogens (tertiary/aromatic N) is 1. The van der Waals surface area contributed by atoms with Gasteiger partial charge in [0.05, 0.1) is 0 Å². The fourth-order valence-corrected chi connectivity index (χ4v) is 3.53. The Morgan fingerprint density at radius 1 is 1.15 bits per heavy atom. The molecule has 3 N–H and O–H groups in total. The summed E-state index contributed by atoms with van der Waals surface area (Å²) in [6, 6.07) is -0.252. The third-order valence-corrected chi connectivity index (χ3v) is 4.80. The van der Waals surface area contributed by atoms with E-state index in [2.05, 4.69) is 15.5 Å². The highest BCUT2D eigenvalue weighted by Gasteiger charge is 2.38. The lowest BCUT2D eigenvalue weighted by Crippen LogP contribution is -2.53. The Hall–Kier alpha value is -1.30. The summed E-state index contributed by atoms with van der Waals surface area (Å²) < 4.78 is 0. The fraction of sp³-hybridized carbons (Fsp3) is 0.857. The summed E-state index contributed by atoms with van der Waals surface area (Å²) in [6.07, 6.45) is 6.24. The molecule has 1 saturated carbocycles. The van der Waals surface area contributed by atoms with Crippen LogP contribution in [0.15, 0.2) is 0 Å². The highest BCUT2D eigenvalue weighted by atomic mass is 16.4. The summed E-state index contributed by atoms with van der Waals surface area (Å²) >= 11 is 0. The standard InChI is InChI=1S/C14H23N3O3/c18-13(19)12(9-3-4-9)16-14(20)15-10-5-7-17-6-1-2-11(17)8-10/h9-12H,1-8H2,(H,18,19)(H2,15,16,20). The number of carboxylic acid groups (broad SMARTS) is 1. The number of urea groups is 1. The van der Waals surface area contributed by atoms with E-state index in [-0.39, 0.29) is 18.0 Å². The van der Waals surface area contributed by atoms with Gasteiger partial charge in [-0.1, -0.05) is 0 Å². The third kappa shape index (κ3) is 3.06. The Balaban J connectivity index is 1.47. The molecule has 112 valence electrons. The molecule has 0 aromatic heterocycles. The summed E-state index contributed by atoms with van der Waals surface area (Å²) in [7, 11) is 0. The summed E-state index contributed by atoms with van der Waals surface area (Å²) in [5.74, 6) is -0.803. The van der Waals surface area contributed by atoms with E-state index < -0.39 is 12.0 Å². The van der Waals surface area contributed by atoms with Gasteiger partial charge in [0.25, 0.3) is 0 Å². The first-order chi connectivity index (χ1) is 9.63. The largest absolute Gasteiger partial charge is 0.480 e. The van der Waals surface area contributed by atoms with Gasteiger partial charge in [0.2, 0.25) is 0 Å². The van der Waals surface area contributed by atoms with Crippen LogP contribution >= 0.6 is 0 Å². The van der Waals surface area contributed by atoms with E-state index in [4.69, 9.17) is 5.11 Å². The van der Waals surface area contributed by atoms with Crippen LogP contribution in [0.1, 0.15) is 38.5 Å². The molecule has 2 aliphatic heterocycles. The van der Waals surface area contributed by atoms with Crippen LogP contribution in [0, 0.1) is 5.92 Å². The molecule has 3 unspecified atom stereocenters. The normalized spacial score (nSPS) is 31.4. The summed E-state index contributed by atoms with van der Waals surface area (Å²) in [4.78, 5) is 25.6. The predicted molar refractivity (Wildman–Crippen MR) is 73.4 cm³/mol. The number of fused-ring (bicyclic) bond motifs is 1. The molecule has 0 aromatic rings. The highest BCUT2D eigenvalue weighted by Crippen LogP contribution is 2.32. The van der Waals surface area contributed by atoms with E-state index in [1.165, 1.54) is 19.4 Å². The molecule has 3 aliphatic rings. The number of aliphatic carboxylic acids is 1. The van der Waals surface area contributed by atoms with Crippen molar-refractivity contribution in [1.82, 2.24) is 15.5 Å². The van der Waals surface area contributed by atoms with Gasteiger partial charge in [-0.2, -0.15) is 0 Å². The molecule has 2 heterocycles. The molecule has 3 rings (SSSR count). The maximum atomic E-state index is 12.0. The second-order valence-corrected chi connectivity index (χ2v) is 6.32. The number of hydrogen-bond donors (Lipinski definition) is 3. The van der Waals surface area contributed by atoms with Crippen LogP contribution < -0.4 is 10.6 Å². The van der Waals surface area contributed by atoms with Gasteiger partial charge < -0.3 is 20.6 Å². The van der Waals surface area contributed by atoms with Crippen molar-refractivity contribution >= 4 is 12.0 Å². The number of carbonyl (C=O) groups excluding carboxylic acids is 1. The first-order valence-electron chi connectivity index (χ1n) is 7.67. The predicted octanol–water partition coefficient (Wildman–Crippen LogP) is 0.776. The third-order valence-electron chi connectivity index (χ3n) is 4.80. The quantitative estimate of drug-likeness (QED) is 0.711. The monoisotopic (exact) mass is 281 g/mol. The Morgan fingerprint density at radius 3 is 2.65 bits per heavy atom. The number of piperidine rings is 1. The lowest BCUT2D eigenvalue weighted by molar-refractivity contribution is -0.139. The van der Waals surface area contributed by atoms with Gasteiger partial charge in [-0.15, -0.1) is 0 Å². The molecule has 20 heavy (non-hydrogen) atoms. The number of carboxylic acids is 1. The Morgan fingerprint density at radius 2 is 1.95 bits per heavy atom. The summed E-state index contributed by atoms with van der Waals surface area (Å²) in [5.41, 5.74) is 0. The van der Waals surface area contributed by atoms with E-state index in [0.717, 1.165) is 32.2 Å². The Bertz CT molecular complexity index is 397. The van der Waals surface area contributed by atoms with Crippen LogP contribution in [0.25, 0.3) is 0 Å². The molecule has 0 spiro atoms. The molecule has 1 aliphatic carbocycles. The van der Waals surface area contributed by atoms with Crippen molar-refractivity contribution in [3.8, 4) is 0 Å². The Labute approximate surface area is 118 Å². The fourth-order valence-electron chi connectivity index (χ4n) is 3.53. The molecule has 0 bridgehead atoms. The smallest absolute Gasteiger partial charge is 0.326 e. The first-order valence-corrected chi connectivity index (χ1v) is 7.67. The van der Waals surface area contributed by atoms with Crippen molar-refractivity contribution in [2.45, 2.75) is 56.7 Å². The molecule has 2 saturated heterocycles. The average molecular weight is 281 g/mol. The lowest BCUT2D eigenvalue weighted by Gasteiger charge is -2.35. The van der Waals surface area contributed by atoms with Gasteiger partial charge in [-0.3, -0.25) is 0 Å². The van der Waals surface area contributed by atoms with Crippen LogP contribution in [0.2, 0.25) is 0 Å². The molecule has 0 aromatic carbocycles. The van der Waals surface area contributed by atoms with Gasteiger partial charge >= 0.3 is 12.0 Å². The second-order valence-electron chi connectivity index (χ2n) is 6.32. The molecule has 3 atom stereocenters. The van der Waals surface area contributed by atoms with E-state index in [0.29, 0.717) is 6.04 Å². The number of carbonyl (C=O) groups is 2. The molecule has 2 amide bonds. The molecule has 6 nitrogen and oxygen atoms in total. The zero-order valence-electron chi connectivity index (χ0n) is 11.7. The zero-order valence-corrected chi connectivity index (χ0v) is 11.7. The Kier molecular flexibility index (Phi) is 3.83. The maximum Gasteiger partial charge on any atom is 0.326 e. The van der Waals surface area contributed by atoms with Crippen LogP contribution in [-0.4, -0.2) is 53.2 Å². The van der Waals surface area contributed by atoms with E-state index >= 15 is 0 Å². The summed E-state index contributed by atoms with van der Waals surface area (Å²) in [6.45, 7) is 2.23. The number of hydrogen-bond acceptors (Lipinski definition) is 3. The van der Waals surface area contributed by atoms with Crippen LogP contribution in [0.4, 0.5) is 4.79 Å². The molecule has 6 heteroatoms. The highest BCUT2D eigenvalue weighted by molar-refractivity contribution is 5.83. The van der Waals surface area contributed by atoms with Gasteiger partial charge in [0.15, 0.2) is 0 Å². The van der Waals surface area contributed by atoms with Crippen molar-refractivity contribution in [2.24, 2.45) is 5.92 Å². The molecule has 0 radical (unpaired) electrons. The number of rotatable bonds is 4. The first kappa shape index (κ1) is 13.7. The SMILES string of the molecule is O=C(NC1CCN2CCCC2C1)NC(C(=O)O)C1CC1. The van der Waals surface area contributed by atoms with Crippen LogP contribution in [-0.2, 0) is 4.79 Å². The zero-order chi connectivity index (χ0) is 14.1. The van der Waals surface area contributed by atoms with Crippen molar-refractivity contribution < 1.29 is 14.7 Å². The van der Waals surface area contributed by atoms with E-state index in [9.17, 15) is 9.59 Å². The van der Waals surface area contributed by atoms with Crippen molar-refractivity contribution in [3.05, 3.63) is 0 Å². The van der Waals surface area contributed by atoms with Gasteiger partial charge in [0, 0.05) is 18.6 Å². The van der Waals surface area contributed by atoms with Crippen molar-refractivity contribution in [1.29, 1.82) is 0 Å². The minimum absolute atomic E-state index is 0.120. The van der Waals surface area contributed by atoms with Gasteiger partial charge in [-0.25, -0.2) is 9.59 Å². The minimum Gasteiger partial charge on any atom is -0.480 e. The molecule has 3 fully saturated rings. The molecular weight excluding hydrogens is 258 g/mol. The van der Waals surface area contributed by atoms with Gasteiger partial charge in [0.1, 0.15) is 6.04 Å². The molecular formula is C14H23N3O3. The topological polar surface area (TPSA) is 81.7 Å². The number of amides is 2. The number of nitrogens with one attached hydrogen (secondary N) is 2. The van der Waals surface area contributed by atoms with Crippen molar-refractivity contribution in [3.63, 3.8) is 0 Å². The average Bonchev–Trinajstić information content (AvgIpc) is 3.13. The maximum absolute atomic E-state index is 12.0. The van der Waals surface area contributed by atoms with Crippen LogP contribution in [0.5, 0.6) is 0 Å². The van der Waals surface area contributed by atoms with E-state index in [1.807, 2.05) is 0 Å². The summed E-state index contributed by atoms with van der Waals surface area (Å²) in [5, 5.41) is 14.7. The van der Waals surface area contributed by atoms with Crippen LogP contribution in [0.3, 0.4) is 0 Å². The van der Waals surface area contributed by atoms with Crippen molar-refractivity contribution in [2.75, 3.05) is 13.1 Å². The van der Waals surface area contributed by atoms with Gasteiger partial charge in [-0.05, 0) is 51.0 Å². The minimum atomic E-state index is -0.923. The van der Waals surface area contributed by atoms with E-state index in [1.54, 1.807) is 0 Å². The lowest BCUT2D eigenvalue weighted by atomic mass is 9.98.